The third kappa shape index (κ3) is 6.03. The summed E-state index contributed by atoms with van der Waals surface area (Å²) in [6.45, 7) is 3.40. The Balaban J connectivity index is 1.30. The molecule has 4 N–H and O–H groups in total. The van der Waals surface area contributed by atoms with E-state index < -0.39 is 6.29 Å². The van der Waals surface area contributed by atoms with Crippen LogP contribution in [0.3, 0.4) is 0 Å². The number of nitriles is 1. The first-order valence-corrected chi connectivity index (χ1v) is 13.4. The molecular weight excluding hydrogens is 484 g/mol. The van der Waals surface area contributed by atoms with Gasteiger partial charge in [-0.15, -0.1) is 0 Å². The highest BCUT2D eigenvalue weighted by molar-refractivity contribution is 5.90. The van der Waals surface area contributed by atoms with Gasteiger partial charge in [0.15, 0.2) is 6.29 Å². The number of rotatable bonds is 8. The number of aliphatic hydroxyl groups excluding tert-OH is 1. The number of benzene rings is 1. The fourth-order valence-corrected chi connectivity index (χ4v) is 5.45. The minimum Gasteiger partial charge on any atom is -0.372 e. The van der Waals surface area contributed by atoms with Crippen LogP contribution in [0.5, 0.6) is 0 Å². The van der Waals surface area contributed by atoms with Gasteiger partial charge in [-0.1, -0.05) is 0 Å². The van der Waals surface area contributed by atoms with E-state index in [2.05, 4.69) is 48.5 Å². The molecule has 2 saturated heterocycles. The number of hydrogen-bond acceptors (Lipinski definition) is 10. The van der Waals surface area contributed by atoms with E-state index in [1.807, 2.05) is 12.1 Å². The van der Waals surface area contributed by atoms with Gasteiger partial charge in [-0.3, -0.25) is 4.79 Å². The monoisotopic (exact) mass is 518 g/mol. The molecule has 2 aliphatic rings. The number of fused-ring (bicyclic) bond motifs is 1. The molecule has 0 saturated carbocycles. The van der Waals surface area contributed by atoms with Gasteiger partial charge < -0.3 is 25.3 Å². The van der Waals surface area contributed by atoms with Crippen molar-refractivity contribution in [3.05, 3.63) is 40.8 Å². The van der Waals surface area contributed by atoms with Gasteiger partial charge in [-0.2, -0.15) is 15.3 Å². The van der Waals surface area contributed by atoms with E-state index in [4.69, 9.17) is 20.5 Å². The molecule has 0 aliphatic carbocycles. The van der Waals surface area contributed by atoms with Crippen molar-refractivity contribution in [1.82, 2.24) is 20.2 Å². The van der Waals surface area contributed by atoms with E-state index in [1.54, 1.807) is 6.20 Å². The molecule has 4 heterocycles. The second-order valence-electron chi connectivity index (χ2n) is 10.3. The topological polar surface area (TPSA) is 154 Å². The molecule has 0 atom stereocenters. The SMILES string of the molecule is N#CCC1CCN(c2nc(Nc3ccc(N4CCC(CCC(O)O)CC4)cc3)c3c(=O)[nH]ncc3n2)CC1. The molecule has 0 unspecified atom stereocenters. The van der Waals surface area contributed by atoms with Gasteiger partial charge in [0.05, 0.1) is 12.3 Å². The number of H-pyrrole nitrogens is 1. The van der Waals surface area contributed by atoms with Gasteiger partial charge in [0, 0.05) is 44.0 Å². The lowest BCUT2D eigenvalue weighted by Crippen LogP contribution is -2.35. The van der Waals surface area contributed by atoms with Crippen LogP contribution in [-0.4, -0.2) is 62.8 Å². The average Bonchev–Trinajstić information content (AvgIpc) is 2.93. The number of nitrogens with zero attached hydrogens (tertiary/aromatic N) is 6. The summed E-state index contributed by atoms with van der Waals surface area (Å²) in [6, 6.07) is 10.4. The zero-order chi connectivity index (χ0) is 26.5. The number of hydrogen-bond donors (Lipinski definition) is 4. The van der Waals surface area contributed by atoms with Crippen molar-refractivity contribution in [3.63, 3.8) is 0 Å². The molecule has 38 heavy (non-hydrogen) atoms. The highest BCUT2D eigenvalue weighted by Crippen LogP contribution is 2.30. The van der Waals surface area contributed by atoms with Crippen LogP contribution in [0.25, 0.3) is 10.9 Å². The van der Waals surface area contributed by atoms with Gasteiger partial charge in [0.2, 0.25) is 5.95 Å². The molecule has 11 heteroatoms. The van der Waals surface area contributed by atoms with Crippen LogP contribution in [0.15, 0.2) is 35.3 Å². The van der Waals surface area contributed by atoms with Gasteiger partial charge in [-0.25, -0.2) is 10.1 Å². The largest absolute Gasteiger partial charge is 0.372 e. The Morgan fingerprint density at radius 2 is 1.71 bits per heavy atom. The Hall–Kier alpha value is -3.75. The standard InChI is InChI=1S/C27H34N8O3/c28-12-7-19-10-15-35(16-11-19)27-31-22-17-29-33-26(38)24(22)25(32-27)30-20-2-4-21(5-3-20)34-13-8-18(9-14-34)1-6-23(36)37/h2-5,17-19,23,36-37H,1,6-11,13-16H2,(H,33,38)(H,30,31,32). The second kappa shape index (κ2) is 11.8. The van der Waals surface area contributed by atoms with Crippen molar-refractivity contribution in [2.24, 2.45) is 11.8 Å². The summed E-state index contributed by atoms with van der Waals surface area (Å²) in [7, 11) is 0. The average molecular weight is 519 g/mol. The fraction of sp³-hybridized carbons (Fsp3) is 0.519. The van der Waals surface area contributed by atoms with Gasteiger partial charge in [0.1, 0.15) is 16.7 Å². The first-order valence-electron chi connectivity index (χ1n) is 13.4. The number of aromatic nitrogens is 4. The zero-order valence-corrected chi connectivity index (χ0v) is 21.4. The lowest BCUT2D eigenvalue weighted by Gasteiger charge is -2.34. The Labute approximate surface area is 221 Å². The highest BCUT2D eigenvalue weighted by atomic mass is 16.5. The lowest BCUT2D eigenvalue weighted by molar-refractivity contribution is -0.0493. The summed E-state index contributed by atoms with van der Waals surface area (Å²) in [5.74, 6) is 1.92. The first kappa shape index (κ1) is 25.9. The van der Waals surface area contributed by atoms with Crippen LogP contribution < -0.4 is 20.7 Å². The molecule has 0 amide bonds. The van der Waals surface area contributed by atoms with E-state index in [-0.39, 0.29) is 5.56 Å². The Kier molecular flexibility index (Phi) is 8.00. The van der Waals surface area contributed by atoms with Gasteiger partial charge in [0.25, 0.3) is 5.56 Å². The maximum absolute atomic E-state index is 12.6. The molecule has 2 aliphatic heterocycles. The van der Waals surface area contributed by atoms with E-state index in [0.29, 0.717) is 47.3 Å². The summed E-state index contributed by atoms with van der Waals surface area (Å²) in [5, 5.41) is 37.4. The zero-order valence-electron chi connectivity index (χ0n) is 21.4. The summed E-state index contributed by atoms with van der Waals surface area (Å²) in [6.07, 6.45) is 6.06. The molecule has 0 spiro atoms. The molecular formula is C27H34N8O3. The molecule has 1 aromatic carbocycles. The lowest BCUT2D eigenvalue weighted by atomic mass is 9.92. The number of aromatic amines is 1. The summed E-state index contributed by atoms with van der Waals surface area (Å²) in [5.41, 5.74) is 2.08. The smallest absolute Gasteiger partial charge is 0.277 e. The maximum Gasteiger partial charge on any atom is 0.277 e. The van der Waals surface area contributed by atoms with Crippen LogP contribution in [0.2, 0.25) is 0 Å². The van der Waals surface area contributed by atoms with Crippen LogP contribution >= 0.6 is 0 Å². The molecule has 11 nitrogen and oxygen atoms in total. The van der Waals surface area contributed by atoms with Crippen molar-refractivity contribution in [1.29, 1.82) is 5.26 Å². The summed E-state index contributed by atoms with van der Waals surface area (Å²) >= 11 is 0. The Bertz CT molecular complexity index is 1320. The normalized spacial score (nSPS) is 17.2. The highest BCUT2D eigenvalue weighted by Gasteiger charge is 2.23. The van der Waals surface area contributed by atoms with Crippen molar-refractivity contribution in [2.45, 2.75) is 51.2 Å². The van der Waals surface area contributed by atoms with Crippen LogP contribution in [0, 0.1) is 23.2 Å². The van der Waals surface area contributed by atoms with Crippen molar-refractivity contribution >= 4 is 34.0 Å². The predicted octanol–water partition coefficient (Wildman–Crippen LogP) is 2.89. The summed E-state index contributed by atoms with van der Waals surface area (Å²) in [4.78, 5) is 26.5. The molecule has 5 rings (SSSR count). The van der Waals surface area contributed by atoms with Crippen molar-refractivity contribution in [2.75, 3.05) is 41.3 Å². The third-order valence-corrected chi connectivity index (χ3v) is 7.73. The Morgan fingerprint density at radius 3 is 2.39 bits per heavy atom. The van der Waals surface area contributed by atoms with Gasteiger partial charge in [-0.05, 0) is 74.6 Å². The van der Waals surface area contributed by atoms with Crippen molar-refractivity contribution < 1.29 is 10.2 Å². The second-order valence-corrected chi connectivity index (χ2v) is 10.3. The molecule has 2 fully saturated rings. The van der Waals surface area contributed by atoms with E-state index in [1.165, 1.54) is 0 Å². The number of anilines is 4. The van der Waals surface area contributed by atoms with Crippen molar-refractivity contribution in [3.8, 4) is 6.07 Å². The van der Waals surface area contributed by atoms with Crippen LogP contribution in [0.1, 0.15) is 44.9 Å². The molecule has 0 bridgehead atoms. The minimum absolute atomic E-state index is 0.350. The fourth-order valence-electron chi connectivity index (χ4n) is 5.45. The summed E-state index contributed by atoms with van der Waals surface area (Å²) < 4.78 is 0. The quantitative estimate of drug-likeness (QED) is 0.327. The maximum atomic E-state index is 12.6. The molecule has 3 aromatic rings. The van der Waals surface area contributed by atoms with E-state index in [9.17, 15) is 4.79 Å². The van der Waals surface area contributed by atoms with Crippen LogP contribution in [-0.2, 0) is 0 Å². The molecule has 200 valence electrons. The number of piperidine rings is 2. The minimum atomic E-state index is -1.22. The van der Waals surface area contributed by atoms with Crippen LogP contribution in [0.4, 0.5) is 23.1 Å². The third-order valence-electron chi connectivity index (χ3n) is 7.73. The number of aliphatic hydroxyl groups is 2. The Morgan fingerprint density at radius 1 is 1.03 bits per heavy atom. The van der Waals surface area contributed by atoms with E-state index >= 15 is 0 Å². The molecule has 0 radical (unpaired) electrons. The first-order chi connectivity index (χ1) is 18.5. The van der Waals surface area contributed by atoms with Gasteiger partial charge >= 0.3 is 0 Å². The predicted molar refractivity (Wildman–Crippen MR) is 145 cm³/mol. The molecule has 2 aromatic heterocycles. The number of nitrogens with one attached hydrogen (secondary N) is 2. The van der Waals surface area contributed by atoms with E-state index in [0.717, 1.165) is 69.7 Å².